The molecule has 0 spiro atoms. The first kappa shape index (κ1) is 42.5. The number of hydrogen-bond donors (Lipinski definition) is 5. The maximum atomic E-state index is 13.2. The number of halogens is 3. The minimum Gasteiger partial charge on any atom is -0.481 e. The summed E-state index contributed by atoms with van der Waals surface area (Å²) in [5, 5.41) is 30.0. The molecule has 13 nitrogen and oxygen atoms in total. The first-order valence-electron chi connectivity index (χ1n) is 17.2. The number of thioether (sulfide) groups is 1. The first-order valence-corrected chi connectivity index (χ1v) is 18.1. The number of aliphatic imine (C=N–C) groups is 1. The van der Waals surface area contributed by atoms with Gasteiger partial charge in [-0.2, -0.15) is 18.2 Å². The fraction of sp³-hybridized carbons (Fsp3) is 0.472. The second-order valence-electron chi connectivity index (χ2n) is 12.4. The Kier molecular flexibility index (Phi) is 16.8. The quantitative estimate of drug-likeness (QED) is 0.0749. The Morgan fingerprint density at radius 1 is 0.925 bits per heavy atom. The van der Waals surface area contributed by atoms with Crippen LogP contribution in [0.4, 0.5) is 13.2 Å². The summed E-state index contributed by atoms with van der Waals surface area (Å²) in [6.07, 6.45) is 1.64. The van der Waals surface area contributed by atoms with Crippen molar-refractivity contribution in [2.75, 3.05) is 19.6 Å². The van der Waals surface area contributed by atoms with Crippen LogP contribution in [0.25, 0.3) is 0 Å². The molecule has 4 rings (SSSR count). The number of ether oxygens (including phenoxy) is 1. The molecular weight excluding hydrogens is 719 g/mol. The summed E-state index contributed by atoms with van der Waals surface area (Å²) in [5.74, 6) is -4.51. The monoisotopic (exact) mass is 763 g/mol. The number of carboxylic acids is 2. The highest BCUT2D eigenvalue weighted by molar-refractivity contribution is 8.15. The number of carbonyl (C=O) groups is 5. The van der Waals surface area contributed by atoms with Crippen molar-refractivity contribution in [2.24, 2.45) is 4.99 Å². The van der Waals surface area contributed by atoms with E-state index in [1.807, 2.05) is 42.2 Å². The molecule has 2 aromatic carbocycles. The van der Waals surface area contributed by atoms with Crippen LogP contribution < -0.4 is 10.6 Å². The van der Waals surface area contributed by atoms with Gasteiger partial charge in [0, 0.05) is 43.2 Å². The van der Waals surface area contributed by atoms with Crippen LogP contribution in [0, 0.1) is 5.41 Å². The highest BCUT2D eigenvalue weighted by Gasteiger charge is 2.41. The van der Waals surface area contributed by atoms with Gasteiger partial charge in [-0.05, 0) is 63.1 Å². The van der Waals surface area contributed by atoms with E-state index in [0.29, 0.717) is 48.6 Å². The summed E-state index contributed by atoms with van der Waals surface area (Å²) in [7, 11) is 0. The van der Waals surface area contributed by atoms with Gasteiger partial charge in [0.1, 0.15) is 17.2 Å². The summed E-state index contributed by atoms with van der Waals surface area (Å²) in [4.78, 5) is 64.4. The van der Waals surface area contributed by atoms with Gasteiger partial charge in [-0.25, -0.2) is 4.79 Å². The van der Waals surface area contributed by atoms with E-state index in [2.05, 4.69) is 15.6 Å². The third-order valence-electron chi connectivity index (χ3n) is 8.36. The normalized spacial score (nSPS) is 18.0. The van der Waals surface area contributed by atoms with Crippen molar-refractivity contribution in [1.82, 2.24) is 15.5 Å². The molecule has 5 N–H and O–H groups in total. The minimum atomic E-state index is -5.08. The van der Waals surface area contributed by atoms with Gasteiger partial charge < -0.3 is 30.5 Å². The van der Waals surface area contributed by atoms with Gasteiger partial charge in [-0.3, -0.25) is 24.6 Å². The van der Waals surface area contributed by atoms with Crippen molar-refractivity contribution in [3.63, 3.8) is 0 Å². The lowest BCUT2D eigenvalue weighted by Gasteiger charge is -2.25. The number of rotatable bonds is 14. The molecule has 1 heterocycles. The van der Waals surface area contributed by atoms with E-state index in [4.69, 9.17) is 25.2 Å². The lowest BCUT2D eigenvalue weighted by molar-refractivity contribution is -0.192. The number of nitrogens with one attached hydrogen (secondary N) is 3. The Morgan fingerprint density at radius 2 is 1.55 bits per heavy atom. The van der Waals surface area contributed by atoms with Gasteiger partial charge in [-0.15, -0.1) is 0 Å². The van der Waals surface area contributed by atoms with Crippen LogP contribution >= 0.6 is 11.8 Å². The number of nitrogens with zero attached hydrogens (tertiary/aromatic N) is 2. The molecule has 0 aromatic heterocycles. The zero-order chi connectivity index (χ0) is 39.0. The number of benzene rings is 2. The van der Waals surface area contributed by atoms with Crippen LogP contribution in [0.15, 0.2) is 59.6 Å². The van der Waals surface area contributed by atoms with Gasteiger partial charge >= 0.3 is 24.1 Å². The van der Waals surface area contributed by atoms with E-state index >= 15 is 0 Å². The largest absolute Gasteiger partial charge is 0.490 e. The van der Waals surface area contributed by atoms with Crippen LogP contribution in [0.3, 0.4) is 0 Å². The van der Waals surface area contributed by atoms with Gasteiger partial charge in [-0.1, -0.05) is 60.6 Å². The van der Waals surface area contributed by atoms with Crippen molar-refractivity contribution in [3.05, 3.63) is 71.3 Å². The molecule has 1 aliphatic carbocycles. The third kappa shape index (κ3) is 14.5. The van der Waals surface area contributed by atoms with Crippen molar-refractivity contribution in [2.45, 2.75) is 88.3 Å². The maximum Gasteiger partial charge on any atom is 0.490 e. The predicted molar refractivity (Wildman–Crippen MR) is 192 cm³/mol. The Morgan fingerprint density at radius 3 is 2.15 bits per heavy atom. The van der Waals surface area contributed by atoms with E-state index in [-0.39, 0.29) is 42.8 Å². The molecule has 1 aliphatic heterocycles. The van der Waals surface area contributed by atoms with E-state index in [1.54, 1.807) is 24.3 Å². The Balaban J connectivity index is 0.000000980. The maximum absolute atomic E-state index is 13.2. The van der Waals surface area contributed by atoms with Crippen LogP contribution in [-0.4, -0.2) is 99.0 Å². The summed E-state index contributed by atoms with van der Waals surface area (Å²) in [6, 6.07) is 16.2. The highest BCUT2D eigenvalue weighted by Crippen LogP contribution is 2.32. The number of carbonyl (C=O) groups excluding carboxylic acids is 3. The highest BCUT2D eigenvalue weighted by atomic mass is 32.2. The minimum absolute atomic E-state index is 0.0243. The van der Waals surface area contributed by atoms with Crippen molar-refractivity contribution >= 4 is 52.5 Å². The summed E-state index contributed by atoms with van der Waals surface area (Å²) < 4.78 is 37.3. The van der Waals surface area contributed by atoms with Crippen LogP contribution in [0.1, 0.15) is 79.8 Å². The van der Waals surface area contributed by atoms with Crippen molar-refractivity contribution in [1.29, 1.82) is 5.41 Å². The van der Waals surface area contributed by atoms with Crippen molar-refractivity contribution in [3.8, 4) is 0 Å². The van der Waals surface area contributed by atoms with Gasteiger partial charge in [0.25, 0.3) is 5.91 Å². The zero-order valence-corrected chi connectivity index (χ0v) is 30.0. The lowest BCUT2D eigenvalue weighted by atomic mass is 9.98. The predicted octanol–water partition coefficient (Wildman–Crippen LogP) is 5.03. The lowest BCUT2D eigenvalue weighted by Crippen LogP contribution is -2.43. The standard InChI is InChI=1S/C34H43N5O6S.C2HF3O2/c1-23-30(33(44)37-21-18-28(40)41)46-34(39(23)22-19-24-9-4-2-5-10-24)38-32(43)26-16-14-25(15-17-26)31(35)36-20-8-13-29(42)45-27-11-6-3-7-12-27;3-2(4,5)1(6)7/h2,4-5,9-10,14-17,23,27,30H,3,6-8,11-13,18-22H2,1H3,(H2,35,36)(H,37,44)(H,40,41);(H,6,7). The molecule has 2 aliphatic rings. The molecule has 0 bridgehead atoms. The van der Waals surface area contributed by atoms with Crippen molar-refractivity contribution < 1.29 is 52.1 Å². The Hall–Kier alpha value is -4.93. The molecule has 288 valence electrons. The zero-order valence-electron chi connectivity index (χ0n) is 29.2. The number of amidine groups is 2. The van der Waals surface area contributed by atoms with Gasteiger partial charge in [0.05, 0.1) is 6.42 Å². The van der Waals surface area contributed by atoms with Gasteiger partial charge in [0.15, 0.2) is 5.17 Å². The third-order valence-corrected chi connectivity index (χ3v) is 9.76. The smallest absolute Gasteiger partial charge is 0.481 e. The number of amides is 2. The number of alkyl halides is 3. The Bertz CT molecular complexity index is 1600. The van der Waals surface area contributed by atoms with E-state index in [1.165, 1.54) is 18.2 Å². The molecule has 17 heteroatoms. The SMILES string of the molecule is CC1C(C(=O)NCCC(=O)O)SC(=NC(=O)c2ccc(C(=N)NCCCC(=O)OC3CCCCC3)cc2)N1CCc1ccccc1.O=C(O)C(F)(F)F. The molecule has 1 saturated carbocycles. The van der Waals surface area contributed by atoms with Crippen LogP contribution in [-0.2, 0) is 30.3 Å². The molecular formula is C36H44F3N5O8S. The van der Waals surface area contributed by atoms with Gasteiger partial charge in [0.2, 0.25) is 5.91 Å². The van der Waals surface area contributed by atoms with E-state index in [0.717, 1.165) is 31.2 Å². The molecule has 2 fully saturated rings. The molecule has 2 amide bonds. The summed E-state index contributed by atoms with van der Waals surface area (Å²) in [5.41, 5.74) is 2.06. The average Bonchev–Trinajstić information content (AvgIpc) is 3.43. The molecule has 53 heavy (non-hydrogen) atoms. The second kappa shape index (κ2) is 20.9. The molecule has 2 atom stereocenters. The fourth-order valence-corrected chi connectivity index (χ4v) is 6.76. The number of esters is 1. The summed E-state index contributed by atoms with van der Waals surface area (Å²) in [6.45, 7) is 2.92. The first-order chi connectivity index (χ1) is 25.1. The second-order valence-corrected chi connectivity index (χ2v) is 13.5. The van der Waals surface area contributed by atoms with Crippen LogP contribution in [0.5, 0.6) is 0 Å². The molecule has 2 aromatic rings. The summed E-state index contributed by atoms with van der Waals surface area (Å²) >= 11 is 1.20. The van der Waals surface area contributed by atoms with E-state index < -0.39 is 29.3 Å². The molecule has 2 unspecified atom stereocenters. The van der Waals surface area contributed by atoms with E-state index in [9.17, 15) is 32.3 Å². The van der Waals surface area contributed by atoms with Crippen LogP contribution in [0.2, 0.25) is 0 Å². The number of hydrogen-bond acceptors (Lipinski definition) is 8. The Labute approximate surface area is 309 Å². The average molecular weight is 764 g/mol. The molecule has 0 radical (unpaired) electrons. The fourth-order valence-electron chi connectivity index (χ4n) is 5.47. The number of aliphatic carboxylic acids is 2. The number of carboxylic acid groups (broad SMARTS) is 2. The topological polar surface area (TPSA) is 199 Å². The molecule has 1 saturated heterocycles.